The summed E-state index contributed by atoms with van der Waals surface area (Å²) in [5.74, 6) is 1.36. The number of pyridine rings is 2. The molecule has 6 rings (SSSR count). The first-order valence-corrected chi connectivity index (χ1v) is 13.6. The smallest absolute Gasteiger partial charge is 0.255 e. The van der Waals surface area contributed by atoms with E-state index in [1.165, 1.54) is 6.21 Å². The molecule has 0 radical (unpaired) electrons. The summed E-state index contributed by atoms with van der Waals surface area (Å²) < 4.78 is 3.49. The fourth-order valence-corrected chi connectivity index (χ4v) is 5.72. The van der Waals surface area contributed by atoms with E-state index < -0.39 is 0 Å². The van der Waals surface area contributed by atoms with Gasteiger partial charge in [-0.3, -0.25) is 23.8 Å². The molecule has 0 bridgehead atoms. The van der Waals surface area contributed by atoms with Crippen molar-refractivity contribution in [2.45, 2.75) is 12.8 Å². The van der Waals surface area contributed by atoms with Crippen LogP contribution in [0.5, 0.6) is 0 Å². The molecule has 4 heterocycles. The molecule has 1 N–H and O–H groups in total. The summed E-state index contributed by atoms with van der Waals surface area (Å²) in [6.45, 7) is 0.638. The Balaban J connectivity index is 1.48. The van der Waals surface area contributed by atoms with Gasteiger partial charge in [0.15, 0.2) is 0 Å². The third kappa shape index (κ3) is 4.28. The predicted molar refractivity (Wildman–Crippen MR) is 154 cm³/mol. The molecule has 0 saturated carbocycles. The highest BCUT2D eigenvalue weighted by atomic mass is 32.2. The number of benzene rings is 2. The zero-order chi connectivity index (χ0) is 26.2. The number of hydrogen-bond donors (Lipinski definition) is 1. The Morgan fingerprint density at radius 1 is 1.11 bits per heavy atom. The summed E-state index contributed by atoms with van der Waals surface area (Å²) in [7, 11) is 1.89. The van der Waals surface area contributed by atoms with E-state index in [-0.39, 0.29) is 11.5 Å². The zero-order valence-corrected chi connectivity index (χ0v) is 21.7. The molecule has 0 aliphatic carbocycles. The van der Waals surface area contributed by atoms with Crippen LogP contribution in [0.2, 0.25) is 0 Å². The number of nitrogens with zero attached hydrogens (tertiary/aromatic N) is 5. The van der Waals surface area contributed by atoms with Crippen molar-refractivity contribution >= 4 is 51.4 Å². The molecule has 0 spiro atoms. The first kappa shape index (κ1) is 24.1. The van der Waals surface area contributed by atoms with Gasteiger partial charge in [0.1, 0.15) is 0 Å². The van der Waals surface area contributed by atoms with Crippen LogP contribution in [0.15, 0.2) is 71.9 Å². The third-order valence-corrected chi connectivity index (χ3v) is 7.84. The van der Waals surface area contributed by atoms with Crippen LogP contribution in [-0.4, -0.2) is 49.5 Å². The molecule has 9 heteroatoms. The molecule has 0 unspecified atom stereocenters. The Kier molecular flexibility index (Phi) is 6.29. The molecule has 5 aromatic rings. The largest absolute Gasteiger partial charge is 0.312 e. The second kappa shape index (κ2) is 9.90. The van der Waals surface area contributed by atoms with Gasteiger partial charge in [-0.05, 0) is 47.9 Å². The second-order valence-corrected chi connectivity index (χ2v) is 10.5. The van der Waals surface area contributed by atoms with E-state index in [2.05, 4.69) is 16.1 Å². The maximum Gasteiger partial charge on any atom is 0.255 e. The summed E-state index contributed by atoms with van der Waals surface area (Å²) in [6, 6.07) is 15.4. The minimum Gasteiger partial charge on any atom is -0.312 e. The second-order valence-electron chi connectivity index (χ2n) is 9.34. The number of amides is 1. The summed E-state index contributed by atoms with van der Waals surface area (Å²) >= 11 is 1.58. The van der Waals surface area contributed by atoms with Gasteiger partial charge < -0.3 is 10.3 Å². The Hall–Kier alpha value is -4.24. The SMILES string of the molecule is Cn1cc(-c2ccc3ncc4ccc(=O)n(-c5ccc6c(c5)N(C(=O)CCSCC=N)CC6)c4c3c2)cn1. The quantitative estimate of drug-likeness (QED) is 0.191. The van der Waals surface area contributed by atoms with Crippen molar-refractivity contribution in [3.63, 3.8) is 0 Å². The normalized spacial score (nSPS) is 12.8. The van der Waals surface area contributed by atoms with Crippen LogP contribution in [0.25, 0.3) is 38.6 Å². The topological polar surface area (TPSA) is 96.9 Å². The van der Waals surface area contributed by atoms with Crippen LogP contribution in [0, 0.1) is 5.41 Å². The maximum atomic E-state index is 13.4. The lowest BCUT2D eigenvalue weighted by Crippen LogP contribution is -2.29. The molecular formula is C29H26N6O2S. The van der Waals surface area contributed by atoms with Gasteiger partial charge in [-0.1, -0.05) is 12.1 Å². The third-order valence-electron chi connectivity index (χ3n) is 6.94. The summed E-state index contributed by atoms with van der Waals surface area (Å²) in [5, 5.41) is 13.2. The summed E-state index contributed by atoms with van der Waals surface area (Å²) in [4.78, 5) is 32.9. The van der Waals surface area contributed by atoms with Gasteiger partial charge in [-0.15, -0.1) is 0 Å². The van der Waals surface area contributed by atoms with Crippen LogP contribution in [0.3, 0.4) is 0 Å². The summed E-state index contributed by atoms with van der Waals surface area (Å²) in [5.41, 5.74) is 6.11. The van der Waals surface area contributed by atoms with E-state index in [0.717, 1.165) is 56.3 Å². The highest BCUT2D eigenvalue weighted by Gasteiger charge is 2.25. The van der Waals surface area contributed by atoms with E-state index in [9.17, 15) is 9.59 Å². The Morgan fingerprint density at radius 2 is 2.00 bits per heavy atom. The lowest BCUT2D eigenvalue weighted by molar-refractivity contribution is -0.118. The molecule has 2 aromatic carbocycles. The lowest BCUT2D eigenvalue weighted by Gasteiger charge is -2.19. The Bertz CT molecular complexity index is 1770. The number of thioether (sulfide) groups is 1. The van der Waals surface area contributed by atoms with Crippen molar-refractivity contribution in [2.75, 3.05) is 23.0 Å². The van der Waals surface area contributed by atoms with Crippen molar-refractivity contribution < 1.29 is 4.79 Å². The lowest BCUT2D eigenvalue weighted by atomic mass is 10.0. The number of nitrogens with one attached hydrogen (secondary N) is 1. The Labute approximate surface area is 223 Å². The van der Waals surface area contributed by atoms with Crippen molar-refractivity contribution in [1.29, 1.82) is 5.41 Å². The predicted octanol–water partition coefficient (Wildman–Crippen LogP) is 4.60. The molecule has 190 valence electrons. The number of aryl methyl sites for hydroxylation is 1. The molecule has 3 aromatic heterocycles. The molecule has 1 aliphatic heterocycles. The van der Waals surface area contributed by atoms with Gasteiger partial charge >= 0.3 is 0 Å². The minimum absolute atomic E-state index is 0.0689. The van der Waals surface area contributed by atoms with E-state index >= 15 is 0 Å². The van der Waals surface area contributed by atoms with Crippen molar-refractivity contribution in [1.82, 2.24) is 19.3 Å². The average Bonchev–Trinajstić information content (AvgIpc) is 3.56. The minimum atomic E-state index is -0.143. The monoisotopic (exact) mass is 522 g/mol. The fourth-order valence-electron chi connectivity index (χ4n) is 5.12. The van der Waals surface area contributed by atoms with E-state index in [4.69, 9.17) is 5.41 Å². The molecule has 8 nitrogen and oxygen atoms in total. The number of anilines is 1. The number of rotatable bonds is 7. The van der Waals surface area contributed by atoms with Gasteiger partial charge in [0.2, 0.25) is 5.91 Å². The van der Waals surface area contributed by atoms with Gasteiger partial charge in [-0.25, -0.2) is 0 Å². The van der Waals surface area contributed by atoms with Crippen molar-refractivity contribution in [2.24, 2.45) is 7.05 Å². The van der Waals surface area contributed by atoms with Crippen LogP contribution >= 0.6 is 11.8 Å². The van der Waals surface area contributed by atoms with Crippen LogP contribution < -0.4 is 10.5 Å². The average molecular weight is 523 g/mol. The van der Waals surface area contributed by atoms with Gasteiger partial charge in [-0.2, -0.15) is 16.9 Å². The molecule has 0 atom stereocenters. The number of carbonyl (C=O) groups is 1. The molecule has 0 saturated heterocycles. The fraction of sp³-hybridized carbons (Fsp3) is 0.207. The van der Waals surface area contributed by atoms with Crippen LogP contribution in [-0.2, 0) is 18.3 Å². The van der Waals surface area contributed by atoms with Crippen LogP contribution in [0.4, 0.5) is 5.69 Å². The molecule has 38 heavy (non-hydrogen) atoms. The van der Waals surface area contributed by atoms with Crippen molar-refractivity contribution in [3.05, 3.63) is 83.0 Å². The molecular weight excluding hydrogens is 496 g/mol. The number of aromatic nitrogens is 4. The number of carbonyl (C=O) groups excluding carboxylic acids is 1. The highest BCUT2D eigenvalue weighted by molar-refractivity contribution is 7.99. The standard InChI is InChI=1S/C29H26N6O2S/c1-33-18-22(17-32-33)20-3-6-25-24(14-20)29-21(16-31-25)4-7-28(37)35(29)23-5-2-19-8-11-34(26(19)15-23)27(36)9-12-38-13-10-30/h2-7,10,14-18,30H,8-9,11-13H2,1H3. The summed E-state index contributed by atoms with van der Waals surface area (Å²) in [6.07, 6.45) is 8.15. The highest BCUT2D eigenvalue weighted by Crippen LogP contribution is 2.33. The number of fused-ring (bicyclic) bond motifs is 4. The van der Waals surface area contributed by atoms with Gasteiger partial charge in [0.25, 0.3) is 5.56 Å². The van der Waals surface area contributed by atoms with Gasteiger partial charge in [0, 0.05) is 78.2 Å². The first-order valence-electron chi connectivity index (χ1n) is 12.5. The first-order chi connectivity index (χ1) is 18.5. The molecule has 0 fully saturated rings. The Morgan fingerprint density at radius 3 is 2.82 bits per heavy atom. The van der Waals surface area contributed by atoms with E-state index in [1.54, 1.807) is 33.3 Å². The molecule has 1 aliphatic rings. The van der Waals surface area contributed by atoms with Crippen LogP contribution in [0.1, 0.15) is 12.0 Å². The zero-order valence-electron chi connectivity index (χ0n) is 20.9. The van der Waals surface area contributed by atoms with E-state index in [1.807, 2.05) is 60.7 Å². The molecule has 1 amide bonds. The maximum absolute atomic E-state index is 13.4. The van der Waals surface area contributed by atoms with E-state index in [0.29, 0.717) is 24.5 Å². The van der Waals surface area contributed by atoms with Crippen molar-refractivity contribution in [3.8, 4) is 16.8 Å². The van der Waals surface area contributed by atoms with Gasteiger partial charge in [0.05, 0.1) is 22.9 Å². The number of hydrogen-bond acceptors (Lipinski definition) is 6.